The minimum absolute atomic E-state index is 0.292. The van der Waals surface area contributed by atoms with Crippen molar-refractivity contribution in [3.05, 3.63) is 10.5 Å². The molecule has 0 spiro atoms. The van der Waals surface area contributed by atoms with Crippen LogP contribution in [-0.4, -0.2) is 20.2 Å². The van der Waals surface area contributed by atoms with E-state index in [1.165, 1.54) is 7.05 Å². The van der Waals surface area contributed by atoms with E-state index < -0.39 is 0 Å². The average Bonchev–Trinajstić information content (AvgIpc) is 1.91. The Hall–Kier alpha value is -1.13. The lowest BCUT2D eigenvalue weighted by molar-refractivity contribution is 0.695. The van der Waals surface area contributed by atoms with Gasteiger partial charge >= 0.3 is 5.69 Å². The number of hydrogen-bond acceptors (Lipinski definition) is 3. The normalized spacial score (nSPS) is 9.29. The molecule has 0 unspecified atom stereocenters. The van der Waals surface area contributed by atoms with Crippen LogP contribution >= 0.6 is 0 Å². The van der Waals surface area contributed by atoms with Gasteiger partial charge in [0.05, 0.1) is 0 Å². The van der Waals surface area contributed by atoms with Crippen LogP contribution in [0.2, 0.25) is 0 Å². The molecule has 1 aromatic heterocycles. The molecular formula is C2H4N4O. The quantitative estimate of drug-likeness (QED) is 0.431. The predicted octanol–water partition coefficient (Wildman–Crippen LogP) is -1.50. The summed E-state index contributed by atoms with van der Waals surface area (Å²) in [5, 5.41) is 8.63. The minimum atomic E-state index is -0.292. The number of rotatable bonds is 0. The Bertz CT molecular complexity index is 197. The number of nitrogens with zero attached hydrogens (tertiary/aromatic N) is 3. The Balaban J connectivity index is 3.39. The molecule has 1 heterocycles. The van der Waals surface area contributed by atoms with Gasteiger partial charge < -0.3 is 0 Å². The lowest BCUT2D eigenvalue weighted by Crippen LogP contribution is -2.13. The fourth-order valence-electron chi connectivity index (χ4n) is 0.245. The maximum Gasteiger partial charge on any atom is 0.360 e. The van der Waals surface area contributed by atoms with Crippen molar-refractivity contribution in [1.82, 2.24) is 20.2 Å². The SMILES string of the molecule is Cn1nn[nH]c1=O. The van der Waals surface area contributed by atoms with Gasteiger partial charge in [-0.05, 0) is 10.4 Å². The molecule has 0 aliphatic rings. The summed E-state index contributed by atoms with van der Waals surface area (Å²) in [6.45, 7) is 0. The van der Waals surface area contributed by atoms with Crippen LogP contribution in [0.1, 0.15) is 0 Å². The number of aromatic amines is 1. The van der Waals surface area contributed by atoms with E-state index in [0.29, 0.717) is 0 Å². The molecule has 0 saturated heterocycles. The van der Waals surface area contributed by atoms with Crippen molar-refractivity contribution in [2.45, 2.75) is 0 Å². The lowest BCUT2D eigenvalue weighted by atomic mass is 11.2. The monoisotopic (exact) mass is 100 g/mol. The van der Waals surface area contributed by atoms with Gasteiger partial charge in [0.15, 0.2) is 0 Å². The Labute approximate surface area is 38.9 Å². The third-order valence-corrected chi connectivity index (χ3v) is 0.618. The first-order valence-electron chi connectivity index (χ1n) is 1.75. The molecule has 0 radical (unpaired) electrons. The van der Waals surface area contributed by atoms with E-state index in [1.54, 1.807) is 0 Å². The molecule has 0 atom stereocenters. The molecule has 0 aliphatic heterocycles. The smallest absolute Gasteiger partial charge is 0.245 e. The number of hydrogen-bond donors (Lipinski definition) is 1. The van der Waals surface area contributed by atoms with E-state index in [0.717, 1.165) is 4.68 Å². The molecule has 1 N–H and O–H groups in total. The summed E-state index contributed by atoms with van der Waals surface area (Å²) in [5.74, 6) is 0. The fourth-order valence-corrected chi connectivity index (χ4v) is 0.245. The second-order valence-corrected chi connectivity index (χ2v) is 1.13. The van der Waals surface area contributed by atoms with Crippen LogP contribution in [0.3, 0.4) is 0 Å². The van der Waals surface area contributed by atoms with E-state index in [4.69, 9.17) is 0 Å². The molecule has 0 amide bonds. The number of nitrogens with one attached hydrogen (secondary N) is 1. The van der Waals surface area contributed by atoms with Gasteiger partial charge in [-0.25, -0.2) is 9.89 Å². The van der Waals surface area contributed by atoms with Crippen LogP contribution in [0.25, 0.3) is 0 Å². The van der Waals surface area contributed by atoms with Crippen molar-refractivity contribution < 1.29 is 0 Å². The molecule has 1 aromatic rings. The summed E-state index contributed by atoms with van der Waals surface area (Å²) in [5.41, 5.74) is -0.292. The van der Waals surface area contributed by atoms with Crippen LogP contribution in [0, 0.1) is 0 Å². The van der Waals surface area contributed by atoms with Gasteiger partial charge in [0.2, 0.25) is 0 Å². The first-order chi connectivity index (χ1) is 3.30. The Morgan fingerprint density at radius 2 is 2.57 bits per heavy atom. The average molecular weight is 100 g/mol. The zero-order chi connectivity index (χ0) is 5.28. The molecule has 38 valence electrons. The first kappa shape index (κ1) is 4.04. The highest BCUT2D eigenvalue weighted by atomic mass is 16.2. The third-order valence-electron chi connectivity index (χ3n) is 0.618. The highest BCUT2D eigenvalue weighted by Crippen LogP contribution is 1.46. The standard InChI is InChI=1S/C2H4N4O/c1-6-2(7)3-4-5-6/h1H3,(H,3,5,7). The van der Waals surface area contributed by atoms with E-state index in [9.17, 15) is 4.79 Å². The van der Waals surface area contributed by atoms with Gasteiger partial charge in [-0.3, -0.25) is 0 Å². The highest BCUT2D eigenvalue weighted by Gasteiger charge is 1.84. The van der Waals surface area contributed by atoms with Gasteiger partial charge in [0.1, 0.15) is 0 Å². The molecule has 1 rings (SSSR count). The third kappa shape index (κ3) is 0.510. The Morgan fingerprint density at radius 1 is 1.86 bits per heavy atom. The van der Waals surface area contributed by atoms with Crippen molar-refractivity contribution in [2.24, 2.45) is 7.05 Å². The molecule has 0 aliphatic carbocycles. The number of aryl methyl sites for hydroxylation is 1. The summed E-state index contributed by atoms with van der Waals surface area (Å²) in [4.78, 5) is 10.2. The Morgan fingerprint density at radius 3 is 2.71 bits per heavy atom. The number of tetrazole rings is 1. The van der Waals surface area contributed by atoms with Crippen molar-refractivity contribution >= 4 is 0 Å². The fraction of sp³-hybridized carbons (Fsp3) is 0.500. The van der Waals surface area contributed by atoms with Crippen LogP contribution in [0.15, 0.2) is 4.79 Å². The Kier molecular flexibility index (Phi) is 0.680. The predicted molar refractivity (Wildman–Crippen MR) is 21.6 cm³/mol. The maximum absolute atomic E-state index is 10.2. The summed E-state index contributed by atoms with van der Waals surface area (Å²) in [7, 11) is 1.52. The van der Waals surface area contributed by atoms with Gasteiger partial charge in [-0.1, -0.05) is 0 Å². The van der Waals surface area contributed by atoms with Crippen LogP contribution in [0.5, 0.6) is 0 Å². The zero-order valence-electron chi connectivity index (χ0n) is 3.75. The molecule has 7 heavy (non-hydrogen) atoms. The van der Waals surface area contributed by atoms with Gasteiger partial charge in [0.25, 0.3) is 0 Å². The van der Waals surface area contributed by atoms with Crippen molar-refractivity contribution in [3.63, 3.8) is 0 Å². The molecule has 0 aromatic carbocycles. The highest BCUT2D eigenvalue weighted by molar-refractivity contribution is 4.43. The summed E-state index contributed by atoms with van der Waals surface area (Å²) in [6.07, 6.45) is 0. The second-order valence-electron chi connectivity index (χ2n) is 1.13. The van der Waals surface area contributed by atoms with E-state index in [2.05, 4.69) is 15.5 Å². The second kappa shape index (κ2) is 1.18. The lowest BCUT2D eigenvalue weighted by Gasteiger charge is -1.71. The van der Waals surface area contributed by atoms with Gasteiger partial charge in [-0.15, -0.1) is 0 Å². The number of aromatic nitrogens is 4. The molecule has 5 heteroatoms. The van der Waals surface area contributed by atoms with Crippen LogP contribution < -0.4 is 5.69 Å². The van der Waals surface area contributed by atoms with Crippen molar-refractivity contribution in [2.75, 3.05) is 0 Å². The van der Waals surface area contributed by atoms with E-state index in [-0.39, 0.29) is 5.69 Å². The largest absolute Gasteiger partial charge is 0.360 e. The van der Waals surface area contributed by atoms with E-state index >= 15 is 0 Å². The van der Waals surface area contributed by atoms with Crippen LogP contribution in [-0.2, 0) is 7.05 Å². The van der Waals surface area contributed by atoms with Gasteiger partial charge in [0, 0.05) is 7.05 Å². The van der Waals surface area contributed by atoms with Crippen molar-refractivity contribution in [1.29, 1.82) is 0 Å². The van der Waals surface area contributed by atoms with E-state index in [1.807, 2.05) is 0 Å². The molecular weight excluding hydrogens is 96.0 g/mol. The molecule has 0 fully saturated rings. The first-order valence-corrected chi connectivity index (χ1v) is 1.75. The molecule has 0 saturated carbocycles. The zero-order valence-corrected chi connectivity index (χ0v) is 3.75. The minimum Gasteiger partial charge on any atom is -0.245 e. The summed E-state index contributed by atoms with van der Waals surface area (Å²) < 4.78 is 1.11. The molecule has 5 nitrogen and oxygen atoms in total. The molecule has 0 bridgehead atoms. The number of H-pyrrole nitrogens is 1. The maximum atomic E-state index is 10.2. The summed E-state index contributed by atoms with van der Waals surface area (Å²) in [6, 6.07) is 0. The van der Waals surface area contributed by atoms with Crippen LogP contribution in [0.4, 0.5) is 0 Å². The summed E-state index contributed by atoms with van der Waals surface area (Å²) >= 11 is 0. The van der Waals surface area contributed by atoms with Crippen molar-refractivity contribution in [3.8, 4) is 0 Å². The topological polar surface area (TPSA) is 63.6 Å². The van der Waals surface area contributed by atoms with Gasteiger partial charge in [-0.2, -0.15) is 4.68 Å².